The fourth-order valence-electron chi connectivity index (χ4n) is 5.61. The van der Waals surface area contributed by atoms with Crippen molar-refractivity contribution in [1.29, 1.82) is 0 Å². The summed E-state index contributed by atoms with van der Waals surface area (Å²) in [6.07, 6.45) is 3.30. The second kappa shape index (κ2) is 10.6. The number of benzene rings is 2. The van der Waals surface area contributed by atoms with Crippen LogP contribution in [0.25, 0.3) is 11.5 Å². The molecule has 2 aromatic carbocycles. The standard InChI is InChI=1S/C29H29N5O6/c1-17-30-27(40-32-17)18-5-7-19(8-6-18)28(37)33-13-3-2-4-21(33)16-39-22-9-10-23-20(14-22)15-34(29(23)38)24-11-12-25(35)31-26(24)36/h5-10,14,21,24H,2-4,11-13,15-16H2,1H3,(H,31,35,36). The first-order valence-electron chi connectivity index (χ1n) is 13.5. The maximum Gasteiger partial charge on any atom is 0.257 e. The highest BCUT2D eigenvalue weighted by Crippen LogP contribution is 2.31. The Bertz CT molecular complexity index is 1480. The highest BCUT2D eigenvalue weighted by atomic mass is 16.5. The van der Waals surface area contributed by atoms with Gasteiger partial charge in [0.15, 0.2) is 5.82 Å². The van der Waals surface area contributed by atoms with Crippen molar-refractivity contribution in [3.8, 4) is 17.2 Å². The molecule has 11 nitrogen and oxygen atoms in total. The molecule has 1 aromatic heterocycles. The number of imide groups is 1. The van der Waals surface area contributed by atoms with E-state index in [2.05, 4.69) is 15.5 Å². The summed E-state index contributed by atoms with van der Waals surface area (Å²) in [6, 6.07) is 11.7. The summed E-state index contributed by atoms with van der Waals surface area (Å²) in [4.78, 5) is 57.8. The summed E-state index contributed by atoms with van der Waals surface area (Å²) in [5.74, 6) is 0.544. The summed E-state index contributed by atoms with van der Waals surface area (Å²) in [5.41, 5.74) is 2.64. The summed E-state index contributed by atoms with van der Waals surface area (Å²) >= 11 is 0. The molecule has 4 amide bonds. The Morgan fingerprint density at radius 2 is 1.93 bits per heavy atom. The van der Waals surface area contributed by atoms with E-state index in [1.807, 2.05) is 11.0 Å². The highest BCUT2D eigenvalue weighted by molar-refractivity contribution is 6.05. The zero-order valence-electron chi connectivity index (χ0n) is 22.1. The van der Waals surface area contributed by atoms with Crippen LogP contribution in [0.15, 0.2) is 47.0 Å². The van der Waals surface area contributed by atoms with E-state index in [9.17, 15) is 19.2 Å². The Morgan fingerprint density at radius 1 is 1.10 bits per heavy atom. The topological polar surface area (TPSA) is 135 Å². The largest absolute Gasteiger partial charge is 0.491 e. The SMILES string of the molecule is Cc1noc(-c2ccc(C(=O)N3CCCCC3COc3ccc4c(c3)CN(C3CCC(=O)NC3=O)C4=O)cc2)n1. The third-order valence-electron chi connectivity index (χ3n) is 7.73. The molecule has 11 heteroatoms. The number of carbonyl (C=O) groups is 4. The maximum absolute atomic E-state index is 13.4. The first-order chi connectivity index (χ1) is 19.4. The normalized spacial score (nSPS) is 20.9. The summed E-state index contributed by atoms with van der Waals surface area (Å²) in [6.45, 7) is 3.01. The van der Waals surface area contributed by atoms with E-state index < -0.39 is 11.9 Å². The van der Waals surface area contributed by atoms with Crippen molar-refractivity contribution in [2.75, 3.05) is 13.2 Å². The van der Waals surface area contributed by atoms with Gasteiger partial charge in [0.25, 0.3) is 17.7 Å². The number of fused-ring (bicyclic) bond motifs is 1. The quantitative estimate of drug-likeness (QED) is 0.469. The summed E-state index contributed by atoms with van der Waals surface area (Å²) in [7, 11) is 0. The molecule has 0 radical (unpaired) electrons. The number of aryl methyl sites for hydroxylation is 1. The van der Waals surface area contributed by atoms with Crippen molar-refractivity contribution >= 4 is 23.6 Å². The van der Waals surface area contributed by atoms with Crippen LogP contribution in [0.1, 0.15) is 64.2 Å². The molecule has 2 fully saturated rings. The molecule has 4 heterocycles. The fraction of sp³-hybridized carbons (Fsp3) is 0.379. The molecule has 0 aliphatic carbocycles. The van der Waals surface area contributed by atoms with Crippen molar-refractivity contribution in [3.63, 3.8) is 0 Å². The molecule has 2 saturated heterocycles. The van der Waals surface area contributed by atoms with Gasteiger partial charge in [-0.15, -0.1) is 0 Å². The Balaban J connectivity index is 1.11. The van der Waals surface area contributed by atoms with Crippen molar-refractivity contribution in [1.82, 2.24) is 25.3 Å². The number of amides is 4. The molecule has 0 bridgehead atoms. The van der Waals surface area contributed by atoms with Crippen LogP contribution >= 0.6 is 0 Å². The number of hydrogen-bond donors (Lipinski definition) is 1. The van der Waals surface area contributed by atoms with E-state index in [-0.39, 0.29) is 36.7 Å². The molecule has 1 N–H and O–H groups in total. The Kier molecular flexibility index (Phi) is 6.79. The van der Waals surface area contributed by atoms with Crippen molar-refractivity contribution in [2.45, 2.75) is 57.7 Å². The average Bonchev–Trinajstić information content (AvgIpc) is 3.54. The minimum atomic E-state index is -0.658. The minimum absolute atomic E-state index is 0.0546. The third kappa shape index (κ3) is 4.94. The number of nitrogens with one attached hydrogen (secondary N) is 1. The molecule has 2 atom stereocenters. The van der Waals surface area contributed by atoms with Gasteiger partial charge in [-0.25, -0.2) is 0 Å². The lowest BCUT2D eigenvalue weighted by Crippen LogP contribution is -2.52. The molecular weight excluding hydrogens is 514 g/mol. The Hall–Kier alpha value is -4.54. The van der Waals surface area contributed by atoms with E-state index in [1.54, 1.807) is 43.3 Å². The van der Waals surface area contributed by atoms with Crippen LogP contribution in [0.3, 0.4) is 0 Å². The minimum Gasteiger partial charge on any atom is -0.491 e. The van der Waals surface area contributed by atoms with Crippen LogP contribution in [0.4, 0.5) is 0 Å². The molecule has 3 aliphatic rings. The van der Waals surface area contributed by atoms with Crippen molar-refractivity contribution < 1.29 is 28.4 Å². The predicted molar refractivity (Wildman–Crippen MR) is 141 cm³/mol. The molecule has 0 spiro atoms. The predicted octanol–water partition coefficient (Wildman–Crippen LogP) is 2.88. The van der Waals surface area contributed by atoms with E-state index >= 15 is 0 Å². The van der Waals surface area contributed by atoms with Gasteiger partial charge in [-0.1, -0.05) is 5.16 Å². The lowest BCUT2D eigenvalue weighted by Gasteiger charge is -2.35. The van der Waals surface area contributed by atoms with Gasteiger partial charge in [0.05, 0.1) is 6.04 Å². The van der Waals surface area contributed by atoms with Crippen LogP contribution in [-0.4, -0.2) is 68.8 Å². The Labute approximate surface area is 230 Å². The third-order valence-corrected chi connectivity index (χ3v) is 7.73. The molecule has 40 heavy (non-hydrogen) atoms. The number of carbonyl (C=O) groups excluding carboxylic acids is 4. The van der Waals surface area contributed by atoms with Gasteiger partial charge in [-0.3, -0.25) is 24.5 Å². The lowest BCUT2D eigenvalue weighted by molar-refractivity contribution is -0.136. The molecule has 0 saturated carbocycles. The van der Waals surface area contributed by atoms with Gasteiger partial charge >= 0.3 is 0 Å². The number of nitrogens with zero attached hydrogens (tertiary/aromatic N) is 4. The number of rotatable bonds is 6. The molecule has 206 valence electrons. The molecule has 6 rings (SSSR count). The van der Waals surface area contributed by atoms with Gasteiger partial charge < -0.3 is 19.1 Å². The number of likely N-dealkylation sites (tertiary alicyclic amines) is 1. The van der Waals surface area contributed by atoms with E-state index in [0.29, 0.717) is 48.2 Å². The zero-order valence-corrected chi connectivity index (χ0v) is 22.1. The lowest BCUT2D eigenvalue weighted by atomic mass is 10.0. The van der Waals surface area contributed by atoms with Crippen molar-refractivity contribution in [3.05, 3.63) is 65.0 Å². The van der Waals surface area contributed by atoms with Gasteiger partial charge in [-0.05, 0) is 80.6 Å². The monoisotopic (exact) mass is 543 g/mol. The van der Waals surface area contributed by atoms with Crippen LogP contribution in [0.2, 0.25) is 0 Å². The number of aromatic nitrogens is 2. The van der Waals surface area contributed by atoms with Gasteiger partial charge in [0.2, 0.25) is 11.8 Å². The van der Waals surface area contributed by atoms with E-state index in [0.717, 1.165) is 30.4 Å². The number of hydrogen-bond acceptors (Lipinski definition) is 8. The van der Waals surface area contributed by atoms with Crippen LogP contribution in [0.5, 0.6) is 5.75 Å². The van der Waals surface area contributed by atoms with Crippen LogP contribution < -0.4 is 10.1 Å². The van der Waals surface area contributed by atoms with Gasteiger partial charge in [0, 0.05) is 36.2 Å². The smallest absolute Gasteiger partial charge is 0.257 e. The molecular formula is C29H29N5O6. The first-order valence-corrected chi connectivity index (χ1v) is 13.5. The van der Waals surface area contributed by atoms with E-state index in [1.165, 1.54) is 4.90 Å². The number of piperidine rings is 2. The maximum atomic E-state index is 13.4. The molecule has 2 unspecified atom stereocenters. The van der Waals surface area contributed by atoms with Gasteiger partial charge in [-0.2, -0.15) is 4.98 Å². The summed E-state index contributed by atoms with van der Waals surface area (Å²) in [5, 5.41) is 6.13. The zero-order chi connectivity index (χ0) is 27.8. The number of ether oxygens (including phenoxy) is 1. The average molecular weight is 544 g/mol. The van der Waals surface area contributed by atoms with Crippen LogP contribution in [0, 0.1) is 6.92 Å². The molecule has 3 aromatic rings. The highest BCUT2D eigenvalue weighted by Gasteiger charge is 2.39. The Morgan fingerprint density at radius 3 is 2.67 bits per heavy atom. The fourth-order valence-corrected chi connectivity index (χ4v) is 5.61. The van der Waals surface area contributed by atoms with Gasteiger partial charge in [0.1, 0.15) is 18.4 Å². The second-order valence-electron chi connectivity index (χ2n) is 10.4. The van der Waals surface area contributed by atoms with E-state index in [4.69, 9.17) is 9.26 Å². The van der Waals surface area contributed by atoms with Crippen LogP contribution in [-0.2, 0) is 16.1 Å². The second-order valence-corrected chi connectivity index (χ2v) is 10.4. The van der Waals surface area contributed by atoms with Crippen molar-refractivity contribution in [2.24, 2.45) is 0 Å². The molecule has 3 aliphatic heterocycles. The first kappa shape index (κ1) is 25.7. The summed E-state index contributed by atoms with van der Waals surface area (Å²) < 4.78 is 11.4.